The highest BCUT2D eigenvalue weighted by Gasteiger charge is 2.44. The van der Waals surface area contributed by atoms with E-state index in [1.807, 2.05) is 18.2 Å². The number of anilines is 1. The summed E-state index contributed by atoms with van der Waals surface area (Å²) in [5.74, 6) is -0.366. The van der Waals surface area contributed by atoms with E-state index in [1.54, 1.807) is 53.0 Å². The molecule has 2 aromatic carbocycles. The maximum atomic E-state index is 14.8. The van der Waals surface area contributed by atoms with Crippen LogP contribution in [0.2, 0.25) is 5.02 Å². The normalized spacial score (nSPS) is 31.0. The molecule has 11 heteroatoms. The average molecular weight is 684 g/mol. The van der Waals surface area contributed by atoms with E-state index in [-0.39, 0.29) is 23.0 Å². The van der Waals surface area contributed by atoms with Gasteiger partial charge in [-0.15, -0.1) is 4.36 Å². The molecule has 1 spiro atoms. The number of nitrogens with zero attached hydrogens (tertiary/aromatic N) is 2. The van der Waals surface area contributed by atoms with Gasteiger partial charge in [0.15, 0.2) is 9.92 Å². The molecule has 1 fully saturated rings. The van der Waals surface area contributed by atoms with Gasteiger partial charge in [0.2, 0.25) is 5.91 Å². The lowest BCUT2D eigenvalue weighted by atomic mass is 9.68. The average Bonchev–Trinajstić information content (AvgIpc) is 3.16. The van der Waals surface area contributed by atoms with E-state index in [9.17, 15) is 13.8 Å². The molecule has 2 aromatic rings. The zero-order valence-corrected chi connectivity index (χ0v) is 29.5. The van der Waals surface area contributed by atoms with Gasteiger partial charge >= 0.3 is 0 Å². The minimum absolute atomic E-state index is 0.0979. The second kappa shape index (κ2) is 13.2. The van der Waals surface area contributed by atoms with E-state index < -0.39 is 33.2 Å². The molecule has 0 unspecified atom stereocenters. The van der Waals surface area contributed by atoms with Gasteiger partial charge in [-0.1, -0.05) is 43.7 Å². The van der Waals surface area contributed by atoms with Crippen LogP contribution in [-0.4, -0.2) is 61.1 Å². The van der Waals surface area contributed by atoms with Gasteiger partial charge in [-0.25, -0.2) is 4.21 Å². The molecule has 2 amide bonds. The summed E-state index contributed by atoms with van der Waals surface area (Å²) in [4.78, 5) is 29.2. The fourth-order valence-electron chi connectivity index (χ4n) is 7.32. The Hall–Kier alpha value is -2.92. The van der Waals surface area contributed by atoms with Crippen molar-refractivity contribution in [1.82, 2.24) is 4.72 Å². The van der Waals surface area contributed by atoms with Crippen LogP contribution in [-0.2, 0) is 40.8 Å². The van der Waals surface area contributed by atoms with E-state index in [0.717, 1.165) is 49.4 Å². The van der Waals surface area contributed by atoms with Crippen molar-refractivity contribution < 1.29 is 28.0 Å². The molecule has 47 heavy (non-hydrogen) atoms. The monoisotopic (exact) mass is 683 g/mol. The van der Waals surface area contributed by atoms with Crippen LogP contribution in [0.5, 0.6) is 5.75 Å². The Labute approximate surface area is 283 Å². The molecule has 2 heterocycles. The minimum atomic E-state index is -3.74. The summed E-state index contributed by atoms with van der Waals surface area (Å²) >= 11 is 6.45. The second-order valence-corrected chi connectivity index (χ2v) is 16.6. The van der Waals surface area contributed by atoms with Crippen LogP contribution in [0.25, 0.3) is 0 Å². The largest absolute Gasteiger partial charge is 0.490 e. The molecule has 5 atom stereocenters. The molecular weight excluding hydrogens is 638 g/mol. The number of carbonyl (C=O) groups is 2. The summed E-state index contributed by atoms with van der Waals surface area (Å²) < 4.78 is 40.1. The third-order valence-corrected chi connectivity index (χ3v) is 12.3. The highest BCUT2D eigenvalue weighted by atomic mass is 35.5. The van der Waals surface area contributed by atoms with E-state index in [2.05, 4.69) is 26.1 Å². The van der Waals surface area contributed by atoms with Crippen molar-refractivity contribution in [2.45, 2.75) is 81.8 Å². The van der Waals surface area contributed by atoms with Gasteiger partial charge in [0.25, 0.3) is 5.91 Å². The molecule has 1 N–H and O–H groups in total. The number of halogens is 1. The number of fused-ring (bicyclic) bond motifs is 4. The van der Waals surface area contributed by atoms with Gasteiger partial charge in [0.05, 0.1) is 29.9 Å². The Morgan fingerprint density at radius 2 is 2.00 bits per heavy atom. The predicted octanol–water partition coefficient (Wildman–Crippen LogP) is 6.26. The number of nitrogens with one attached hydrogen (secondary N) is 1. The van der Waals surface area contributed by atoms with Crippen molar-refractivity contribution in [2.24, 2.45) is 22.1 Å². The number of hydrogen-bond acceptors (Lipinski definition) is 7. The van der Waals surface area contributed by atoms with Gasteiger partial charge in [-0.3, -0.25) is 14.3 Å². The maximum Gasteiger partial charge on any atom is 0.287 e. The molecule has 2 aliphatic carbocycles. The fourth-order valence-corrected chi connectivity index (χ4v) is 9.27. The molecule has 2 aliphatic heterocycles. The third-order valence-electron chi connectivity index (χ3n) is 10.3. The zero-order valence-electron chi connectivity index (χ0n) is 27.9. The maximum absolute atomic E-state index is 14.8. The smallest absolute Gasteiger partial charge is 0.287 e. The number of carbonyl (C=O) groups excluding carboxylic acids is 2. The summed E-state index contributed by atoms with van der Waals surface area (Å²) in [5, 5.41) is 0.731. The fraction of sp³-hybridized carbons (Fsp3) is 0.556. The summed E-state index contributed by atoms with van der Waals surface area (Å²) in [6, 6.07) is 11.4. The Morgan fingerprint density at radius 3 is 2.72 bits per heavy atom. The Morgan fingerprint density at radius 1 is 1.19 bits per heavy atom. The quantitative estimate of drug-likeness (QED) is 0.381. The standard InChI is InChI=1S/C36H46ClN3O6S/c1-23(2)33(41)38-47(43)27-12-15-32-30(19-27)40(21-36(22-45-32)16-6-8-24-18-26(37)11-14-29(24)36)20-25-10-13-28(25)31(44-5)9-7-17-46-35(3,4)34(42)39-47/h7,9,11-12,14-15,18-19,23,25,28,31H,6,8,10,13,16-17,20-22H2,1-5H3,(H,38,39,41,42,43)/b9-7+/t25-,28+,31+,36-,47-/m0/s1. The summed E-state index contributed by atoms with van der Waals surface area (Å²) in [6.45, 7) is 8.66. The molecule has 1 saturated carbocycles. The first-order valence-electron chi connectivity index (χ1n) is 16.6. The van der Waals surface area contributed by atoms with Crippen LogP contribution >= 0.6 is 11.6 Å². The van der Waals surface area contributed by atoms with Crippen molar-refractivity contribution >= 4 is 39.0 Å². The van der Waals surface area contributed by atoms with Crippen molar-refractivity contribution in [1.29, 1.82) is 0 Å². The van der Waals surface area contributed by atoms with Crippen molar-refractivity contribution in [2.75, 3.05) is 38.3 Å². The van der Waals surface area contributed by atoms with Gasteiger partial charge in [0.1, 0.15) is 11.4 Å². The third kappa shape index (κ3) is 6.71. The van der Waals surface area contributed by atoms with Crippen LogP contribution in [0.15, 0.2) is 57.8 Å². The molecule has 6 rings (SSSR count). The molecule has 2 bridgehead atoms. The van der Waals surface area contributed by atoms with Crippen LogP contribution < -0.4 is 14.4 Å². The first kappa shape index (κ1) is 34.0. The SMILES string of the molecule is CO[C@@H]1/C=C/COC(C)(C)C(=O)N=[S@@](=O)(NC(=O)C(C)C)c2ccc3c(c2)N(C[C@@H]2CC[C@H]21)C[C@@]1(CCCc2cc(Cl)ccc21)CO3. The van der Waals surface area contributed by atoms with Gasteiger partial charge in [0, 0.05) is 36.6 Å². The summed E-state index contributed by atoms with van der Waals surface area (Å²) in [7, 11) is -2.01. The first-order chi connectivity index (χ1) is 22.3. The number of methoxy groups -OCH3 is 1. The lowest BCUT2D eigenvalue weighted by Gasteiger charge is -2.46. The molecule has 0 aromatic heterocycles. The number of benzene rings is 2. The first-order valence-corrected chi connectivity index (χ1v) is 18.5. The Kier molecular flexibility index (Phi) is 9.52. The molecule has 0 radical (unpaired) electrons. The van der Waals surface area contributed by atoms with Crippen LogP contribution in [0.3, 0.4) is 0 Å². The Bertz CT molecular complexity index is 1700. The van der Waals surface area contributed by atoms with E-state index >= 15 is 0 Å². The summed E-state index contributed by atoms with van der Waals surface area (Å²) in [6.07, 6.45) is 8.83. The predicted molar refractivity (Wildman–Crippen MR) is 183 cm³/mol. The van der Waals surface area contributed by atoms with Gasteiger partial charge in [-0.2, -0.15) is 0 Å². The highest BCUT2D eigenvalue weighted by Crippen LogP contribution is 2.47. The van der Waals surface area contributed by atoms with Gasteiger partial charge in [-0.05, 0) is 99.2 Å². The van der Waals surface area contributed by atoms with Crippen LogP contribution in [0.4, 0.5) is 5.69 Å². The minimum Gasteiger partial charge on any atom is -0.490 e. The molecule has 4 aliphatic rings. The lowest BCUT2D eigenvalue weighted by molar-refractivity contribution is -0.137. The van der Waals surface area contributed by atoms with Crippen LogP contribution in [0.1, 0.15) is 64.5 Å². The second-order valence-electron chi connectivity index (χ2n) is 14.2. The summed E-state index contributed by atoms with van der Waals surface area (Å²) in [5.41, 5.74) is 1.60. The van der Waals surface area contributed by atoms with Crippen LogP contribution in [0, 0.1) is 17.8 Å². The molecule has 254 valence electrons. The molecule has 0 saturated heterocycles. The number of hydrogen-bond donors (Lipinski definition) is 1. The van der Waals surface area contributed by atoms with Crippen molar-refractivity contribution in [3.05, 3.63) is 64.7 Å². The van der Waals surface area contributed by atoms with E-state index in [0.29, 0.717) is 30.7 Å². The van der Waals surface area contributed by atoms with Crippen molar-refractivity contribution in [3.8, 4) is 5.75 Å². The van der Waals surface area contributed by atoms with Gasteiger partial charge < -0.3 is 19.1 Å². The Balaban J connectivity index is 1.51. The number of aryl methyl sites for hydroxylation is 1. The lowest BCUT2D eigenvalue weighted by Crippen LogP contribution is -2.49. The van der Waals surface area contributed by atoms with E-state index in [1.165, 1.54) is 11.1 Å². The number of rotatable bonds is 3. The zero-order chi connectivity index (χ0) is 33.6. The highest BCUT2D eigenvalue weighted by molar-refractivity contribution is 7.92. The van der Waals surface area contributed by atoms with E-state index in [4.69, 9.17) is 25.8 Å². The molecular formula is C36H46ClN3O6S. The number of ether oxygens (including phenoxy) is 3. The topological polar surface area (TPSA) is 107 Å². The number of amides is 2. The van der Waals surface area contributed by atoms with Crippen molar-refractivity contribution in [3.63, 3.8) is 0 Å². The molecule has 9 nitrogen and oxygen atoms in total.